The van der Waals surface area contributed by atoms with Crippen molar-refractivity contribution < 1.29 is 4.79 Å². The lowest BCUT2D eigenvalue weighted by Gasteiger charge is -1.96. The van der Waals surface area contributed by atoms with Crippen molar-refractivity contribution in [3.8, 4) is 0 Å². The van der Waals surface area contributed by atoms with E-state index in [2.05, 4.69) is 10.5 Å². The van der Waals surface area contributed by atoms with Crippen LogP contribution in [0.4, 0.5) is 0 Å². The summed E-state index contributed by atoms with van der Waals surface area (Å²) in [6.07, 6.45) is 1.63. The van der Waals surface area contributed by atoms with Gasteiger partial charge in [-0.1, -0.05) is 35.9 Å². The third-order valence-corrected chi connectivity index (χ3v) is 3.07. The van der Waals surface area contributed by atoms with Crippen molar-refractivity contribution in [2.45, 2.75) is 6.92 Å². The molecule has 0 aliphatic heterocycles. The van der Waals surface area contributed by atoms with Crippen LogP contribution in [0, 0.1) is 6.92 Å². The Kier molecular flexibility index (Phi) is 3.67. The van der Waals surface area contributed by atoms with Gasteiger partial charge < -0.3 is 0 Å². The van der Waals surface area contributed by atoms with Crippen LogP contribution in [0.2, 0.25) is 0 Å². The van der Waals surface area contributed by atoms with Crippen molar-refractivity contribution in [1.82, 2.24) is 5.43 Å². The molecule has 0 atom stereocenters. The number of rotatable bonds is 3. The second-order valence-electron chi connectivity index (χ2n) is 3.59. The largest absolute Gasteiger partial charge is 0.281 e. The van der Waals surface area contributed by atoms with Gasteiger partial charge >= 0.3 is 0 Å². The summed E-state index contributed by atoms with van der Waals surface area (Å²) in [5, 5.41) is 5.77. The minimum absolute atomic E-state index is 0.177. The highest BCUT2D eigenvalue weighted by atomic mass is 32.1. The van der Waals surface area contributed by atoms with E-state index in [-0.39, 0.29) is 5.91 Å². The quantitative estimate of drug-likeness (QED) is 0.654. The molecule has 1 N–H and O–H groups in total. The number of hydrazone groups is 1. The smallest absolute Gasteiger partial charge is 0.266 e. The van der Waals surface area contributed by atoms with Crippen LogP contribution >= 0.6 is 11.3 Å². The molecule has 0 radical (unpaired) electrons. The van der Waals surface area contributed by atoms with E-state index in [0.29, 0.717) is 4.88 Å². The average Bonchev–Trinajstić information content (AvgIpc) is 2.85. The molecule has 0 aliphatic carbocycles. The molecule has 0 aliphatic rings. The monoisotopic (exact) mass is 244 g/mol. The molecule has 1 heterocycles. The Bertz CT molecular complexity index is 515. The predicted octanol–water partition coefficient (Wildman–Crippen LogP) is 2.82. The van der Waals surface area contributed by atoms with E-state index in [1.807, 2.05) is 42.6 Å². The lowest BCUT2D eigenvalue weighted by molar-refractivity contribution is 0.0959. The fraction of sp³-hybridized carbons (Fsp3) is 0.0769. The van der Waals surface area contributed by atoms with E-state index in [1.165, 1.54) is 16.9 Å². The molecule has 0 spiro atoms. The van der Waals surface area contributed by atoms with Crippen molar-refractivity contribution in [1.29, 1.82) is 0 Å². The van der Waals surface area contributed by atoms with Crippen molar-refractivity contribution in [2.24, 2.45) is 5.10 Å². The lowest BCUT2D eigenvalue weighted by atomic mass is 10.2. The number of benzene rings is 1. The highest BCUT2D eigenvalue weighted by Crippen LogP contribution is 2.07. The van der Waals surface area contributed by atoms with Crippen LogP contribution < -0.4 is 5.43 Å². The normalized spacial score (nSPS) is 10.6. The number of nitrogens with one attached hydrogen (secondary N) is 1. The molecule has 86 valence electrons. The Morgan fingerprint density at radius 3 is 2.71 bits per heavy atom. The van der Waals surface area contributed by atoms with Gasteiger partial charge in [0.05, 0.1) is 11.1 Å². The summed E-state index contributed by atoms with van der Waals surface area (Å²) in [6, 6.07) is 11.5. The molecular formula is C13H12N2OS. The second-order valence-corrected chi connectivity index (χ2v) is 4.53. The molecule has 0 saturated heterocycles. The Labute approximate surface area is 104 Å². The number of hydrogen-bond acceptors (Lipinski definition) is 3. The average molecular weight is 244 g/mol. The van der Waals surface area contributed by atoms with Gasteiger partial charge in [-0.15, -0.1) is 11.3 Å². The van der Waals surface area contributed by atoms with E-state index in [4.69, 9.17) is 0 Å². The summed E-state index contributed by atoms with van der Waals surface area (Å²) in [5.74, 6) is -0.177. The molecule has 3 nitrogen and oxygen atoms in total. The standard InChI is InChI=1S/C13H12N2OS/c1-10-4-6-11(7-5-10)9-14-15-13(16)12-3-2-8-17-12/h2-9H,1H3,(H,15,16)/b14-9-. The van der Waals surface area contributed by atoms with Crippen molar-refractivity contribution in [3.63, 3.8) is 0 Å². The molecule has 2 rings (SSSR count). The first kappa shape index (κ1) is 11.5. The minimum Gasteiger partial charge on any atom is -0.266 e. The van der Waals surface area contributed by atoms with E-state index < -0.39 is 0 Å². The van der Waals surface area contributed by atoms with Gasteiger partial charge in [-0.2, -0.15) is 5.10 Å². The molecule has 17 heavy (non-hydrogen) atoms. The van der Waals surface area contributed by atoms with Crippen LogP contribution in [0.5, 0.6) is 0 Å². The van der Waals surface area contributed by atoms with Gasteiger partial charge in [0.25, 0.3) is 5.91 Å². The number of hydrogen-bond donors (Lipinski definition) is 1. The summed E-state index contributed by atoms with van der Waals surface area (Å²) in [6.45, 7) is 2.03. The second kappa shape index (κ2) is 5.41. The summed E-state index contributed by atoms with van der Waals surface area (Å²) in [5.41, 5.74) is 4.65. The van der Waals surface area contributed by atoms with Crippen LogP contribution in [-0.4, -0.2) is 12.1 Å². The van der Waals surface area contributed by atoms with Crippen molar-refractivity contribution >= 4 is 23.5 Å². The van der Waals surface area contributed by atoms with Gasteiger partial charge in [0.1, 0.15) is 0 Å². The molecule has 1 amide bonds. The number of carbonyl (C=O) groups excluding carboxylic acids is 1. The fourth-order valence-corrected chi connectivity index (χ4v) is 1.89. The summed E-state index contributed by atoms with van der Waals surface area (Å²) in [7, 11) is 0. The minimum atomic E-state index is -0.177. The Hall–Kier alpha value is -1.94. The molecular weight excluding hydrogens is 232 g/mol. The van der Waals surface area contributed by atoms with Gasteiger partial charge in [-0.3, -0.25) is 4.79 Å². The predicted molar refractivity (Wildman–Crippen MR) is 70.6 cm³/mol. The lowest BCUT2D eigenvalue weighted by Crippen LogP contribution is -2.16. The summed E-state index contributed by atoms with van der Waals surface area (Å²) < 4.78 is 0. The van der Waals surface area contributed by atoms with E-state index in [9.17, 15) is 4.79 Å². The number of thiophene rings is 1. The van der Waals surface area contributed by atoms with Crippen molar-refractivity contribution in [3.05, 3.63) is 57.8 Å². The Morgan fingerprint density at radius 1 is 1.29 bits per heavy atom. The van der Waals surface area contributed by atoms with Gasteiger partial charge in [0.2, 0.25) is 0 Å². The molecule has 4 heteroatoms. The van der Waals surface area contributed by atoms with Crippen molar-refractivity contribution in [2.75, 3.05) is 0 Å². The van der Waals surface area contributed by atoms with Crippen LogP contribution in [-0.2, 0) is 0 Å². The molecule has 0 unspecified atom stereocenters. The van der Waals surface area contributed by atoms with Gasteiger partial charge in [-0.25, -0.2) is 5.43 Å². The highest BCUT2D eigenvalue weighted by molar-refractivity contribution is 7.12. The zero-order valence-electron chi connectivity index (χ0n) is 9.38. The van der Waals surface area contributed by atoms with Gasteiger partial charge in [-0.05, 0) is 23.9 Å². The first-order valence-corrected chi connectivity index (χ1v) is 6.07. The van der Waals surface area contributed by atoms with Gasteiger partial charge in [0, 0.05) is 0 Å². The Morgan fingerprint density at radius 2 is 2.06 bits per heavy atom. The first-order chi connectivity index (χ1) is 8.25. The molecule has 1 aromatic carbocycles. The summed E-state index contributed by atoms with van der Waals surface area (Å²) in [4.78, 5) is 12.2. The van der Waals surface area contributed by atoms with Crippen LogP contribution in [0.15, 0.2) is 46.9 Å². The van der Waals surface area contributed by atoms with E-state index >= 15 is 0 Å². The molecule has 0 saturated carbocycles. The highest BCUT2D eigenvalue weighted by Gasteiger charge is 2.03. The third kappa shape index (κ3) is 3.26. The maximum atomic E-state index is 11.5. The molecule has 0 fully saturated rings. The zero-order chi connectivity index (χ0) is 12.1. The maximum Gasteiger partial charge on any atom is 0.281 e. The maximum absolute atomic E-state index is 11.5. The Balaban J connectivity index is 1.94. The van der Waals surface area contributed by atoms with Gasteiger partial charge in [0.15, 0.2) is 0 Å². The number of aryl methyl sites for hydroxylation is 1. The number of amides is 1. The number of carbonyl (C=O) groups is 1. The fourth-order valence-electron chi connectivity index (χ4n) is 1.28. The SMILES string of the molecule is Cc1ccc(/C=N\NC(=O)c2cccs2)cc1. The van der Waals surface area contributed by atoms with Crippen LogP contribution in [0.1, 0.15) is 20.8 Å². The molecule has 1 aromatic heterocycles. The zero-order valence-corrected chi connectivity index (χ0v) is 10.2. The first-order valence-electron chi connectivity index (χ1n) is 5.19. The molecule has 0 bridgehead atoms. The molecule has 2 aromatic rings. The van der Waals surface area contributed by atoms with E-state index in [0.717, 1.165) is 5.56 Å². The van der Waals surface area contributed by atoms with Crippen LogP contribution in [0.3, 0.4) is 0 Å². The summed E-state index contributed by atoms with van der Waals surface area (Å²) >= 11 is 1.39. The van der Waals surface area contributed by atoms with E-state index in [1.54, 1.807) is 12.3 Å². The third-order valence-electron chi connectivity index (χ3n) is 2.20. The topological polar surface area (TPSA) is 41.5 Å². The number of nitrogens with zero attached hydrogens (tertiary/aromatic N) is 1. The van der Waals surface area contributed by atoms with Crippen LogP contribution in [0.25, 0.3) is 0 Å².